The fourth-order valence-corrected chi connectivity index (χ4v) is 2.87. The Morgan fingerprint density at radius 1 is 1.37 bits per heavy atom. The first-order valence-corrected chi connectivity index (χ1v) is 8.79. The zero-order valence-electron chi connectivity index (χ0n) is 15.1. The van der Waals surface area contributed by atoms with Gasteiger partial charge in [0, 0.05) is 24.6 Å². The van der Waals surface area contributed by atoms with Crippen molar-refractivity contribution in [1.82, 2.24) is 5.48 Å². The Hall–Kier alpha value is -3.16. The van der Waals surface area contributed by atoms with Crippen molar-refractivity contribution >= 4 is 29.7 Å². The van der Waals surface area contributed by atoms with Crippen LogP contribution in [0.3, 0.4) is 0 Å². The van der Waals surface area contributed by atoms with E-state index in [0.29, 0.717) is 19.4 Å². The highest BCUT2D eigenvalue weighted by atomic mass is 16.7. The molecule has 1 aliphatic rings. The fraction of sp³-hybridized carbons (Fsp3) is 0.368. The Balaban J connectivity index is 1.90. The van der Waals surface area contributed by atoms with Crippen molar-refractivity contribution < 1.29 is 19.2 Å². The zero-order chi connectivity index (χ0) is 19.6. The third-order valence-corrected chi connectivity index (χ3v) is 4.24. The highest BCUT2D eigenvalue weighted by molar-refractivity contribution is 5.98. The van der Waals surface area contributed by atoms with Gasteiger partial charge in [0.05, 0.1) is 12.6 Å². The van der Waals surface area contributed by atoms with Crippen LogP contribution in [0.5, 0.6) is 0 Å². The van der Waals surface area contributed by atoms with E-state index in [0.717, 1.165) is 17.7 Å². The number of rotatable bonds is 7. The number of benzene rings is 1. The summed E-state index contributed by atoms with van der Waals surface area (Å²) in [6.45, 7) is 4.11. The Morgan fingerprint density at radius 3 is 2.78 bits per heavy atom. The van der Waals surface area contributed by atoms with Gasteiger partial charge in [0.25, 0.3) is 5.91 Å². The third-order valence-electron chi connectivity index (χ3n) is 4.24. The molecule has 144 valence electrons. The maximum Gasteiger partial charge on any atom is 0.332 e. The molecular formula is C19H24N4O4. The molecular weight excluding hydrogens is 348 g/mol. The Labute approximate surface area is 158 Å². The predicted molar refractivity (Wildman–Crippen MR) is 102 cm³/mol. The van der Waals surface area contributed by atoms with Crippen LogP contribution in [0, 0.1) is 5.92 Å². The van der Waals surface area contributed by atoms with Gasteiger partial charge in [-0.05, 0) is 37.0 Å². The minimum absolute atomic E-state index is 0.0258. The number of hydrogen-bond donors (Lipinski definition) is 2. The third kappa shape index (κ3) is 5.95. The molecule has 0 spiro atoms. The van der Waals surface area contributed by atoms with Crippen molar-refractivity contribution in [3.8, 4) is 0 Å². The number of allylic oxidation sites excluding steroid dienone is 1. The van der Waals surface area contributed by atoms with Gasteiger partial charge in [0.1, 0.15) is 0 Å². The van der Waals surface area contributed by atoms with E-state index in [1.807, 2.05) is 24.3 Å². The normalized spacial score (nSPS) is 17.0. The van der Waals surface area contributed by atoms with Crippen molar-refractivity contribution in [2.24, 2.45) is 16.9 Å². The average Bonchev–Trinajstić information content (AvgIpc) is 2.67. The number of nitrogens with one attached hydrogen (secondary N) is 1. The molecule has 3 N–H and O–H groups in total. The second-order valence-electron chi connectivity index (χ2n) is 6.23. The molecule has 0 bridgehead atoms. The van der Waals surface area contributed by atoms with Crippen LogP contribution in [-0.4, -0.2) is 30.5 Å². The van der Waals surface area contributed by atoms with Crippen molar-refractivity contribution in [2.45, 2.75) is 32.1 Å². The monoisotopic (exact) mass is 372 g/mol. The lowest BCUT2D eigenvalue weighted by Crippen LogP contribution is -2.43. The summed E-state index contributed by atoms with van der Waals surface area (Å²) < 4.78 is 0. The van der Waals surface area contributed by atoms with Crippen molar-refractivity contribution in [1.29, 1.82) is 0 Å². The second kappa shape index (κ2) is 10.1. The van der Waals surface area contributed by atoms with Crippen LogP contribution in [-0.2, 0) is 19.2 Å². The molecule has 1 fully saturated rings. The number of anilines is 1. The summed E-state index contributed by atoms with van der Waals surface area (Å²) in [6.07, 6.45) is 5.10. The number of nitrogens with two attached hydrogens (primary N) is 1. The SMILES string of the molecule is C=CCCC(=O)ONC(=O)C[C@@H]1CCCN(c2ccc(C=NN)cc2)C1=O. The van der Waals surface area contributed by atoms with Gasteiger partial charge in [0.15, 0.2) is 0 Å². The standard InChI is InChI=1S/C19H24N4O4/c1-2-3-6-18(25)27-22-17(24)12-15-5-4-11-23(19(15)26)16-9-7-14(8-10-16)13-21-20/h2,7-10,13,15H,1,3-6,11-12,20H2,(H,22,24)/t15-/m0/s1. The molecule has 2 amide bonds. The first-order chi connectivity index (χ1) is 13.0. The maximum absolute atomic E-state index is 12.7. The first kappa shape index (κ1) is 20.2. The number of carbonyl (C=O) groups excluding carboxylic acids is 3. The predicted octanol–water partition coefficient (Wildman–Crippen LogP) is 1.65. The van der Waals surface area contributed by atoms with E-state index in [1.54, 1.807) is 11.0 Å². The van der Waals surface area contributed by atoms with Crippen LogP contribution in [0.15, 0.2) is 42.0 Å². The van der Waals surface area contributed by atoms with Crippen LogP contribution in [0.1, 0.15) is 37.7 Å². The van der Waals surface area contributed by atoms with Gasteiger partial charge in [-0.25, -0.2) is 4.79 Å². The molecule has 2 rings (SSSR count). The molecule has 0 aromatic heterocycles. The Morgan fingerprint density at radius 2 is 2.11 bits per heavy atom. The number of nitrogens with zero attached hydrogens (tertiary/aromatic N) is 2. The minimum Gasteiger partial charge on any atom is -0.341 e. The van der Waals surface area contributed by atoms with Crippen LogP contribution in [0.4, 0.5) is 5.69 Å². The summed E-state index contributed by atoms with van der Waals surface area (Å²) in [4.78, 5) is 42.5. The zero-order valence-corrected chi connectivity index (χ0v) is 15.1. The molecule has 0 aliphatic carbocycles. The number of hydrazone groups is 1. The molecule has 0 saturated carbocycles. The van der Waals surface area contributed by atoms with Gasteiger partial charge in [-0.3, -0.25) is 9.59 Å². The topological polar surface area (TPSA) is 114 Å². The molecule has 1 aliphatic heterocycles. The summed E-state index contributed by atoms with van der Waals surface area (Å²) in [5.74, 6) is 3.53. The molecule has 8 nitrogen and oxygen atoms in total. The summed E-state index contributed by atoms with van der Waals surface area (Å²) in [7, 11) is 0. The van der Waals surface area contributed by atoms with Gasteiger partial charge in [-0.1, -0.05) is 18.2 Å². The van der Waals surface area contributed by atoms with Gasteiger partial charge in [0.2, 0.25) is 5.91 Å². The van der Waals surface area contributed by atoms with Gasteiger partial charge >= 0.3 is 5.97 Å². The fourth-order valence-electron chi connectivity index (χ4n) is 2.87. The summed E-state index contributed by atoms with van der Waals surface area (Å²) in [5, 5.41) is 3.46. The number of amides is 2. The second-order valence-corrected chi connectivity index (χ2v) is 6.23. The molecule has 0 unspecified atom stereocenters. The molecule has 0 radical (unpaired) electrons. The summed E-state index contributed by atoms with van der Waals surface area (Å²) >= 11 is 0. The van der Waals surface area contributed by atoms with Crippen LogP contribution < -0.4 is 16.2 Å². The number of hydroxylamine groups is 1. The lowest BCUT2D eigenvalue weighted by molar-refractivity contribution is -0.158. The molecule has 8 heteroatoms. The quantitative estimate of drug-likeness (QED) is 0.327. The van der Waals surface area contributed by atoms with Crippen LogP contribution >= 0.6 is 0 Å². The Kier molecular flexibility index (Phi) is 7.54. The van der Waals surface area contributed by atoms with Crippen LogP contribution in [0.25, 0.3) is 0 Å². The van der Waals surface area contributed by atoms with Gasteiger partial charge < -0.3 is 15.6 Å². The molecule has 1 aromatic rings. The molecule has 1 aromatic carbocycles. The largest absolute Gasteiger partial charge is 0.341 e. The molecule has 27 heavy (non-hydrogen) atoms. The molecule has 1 heterocycles. The summed E-state index contributed by atoms with van der Waals surface area (Å²) in [6, 6.07) is 7.27. The molecule has 1 saturated heterocycles. The smallest absolute Gasteiger partial charge is 0.332 e. The van der Waals surface area contributed by atoms with E-state index in [-0.39, 0.29) is 18.7 Å². The lowest BCUT2D eigenvalue weighted by Gasteiger charge is -2.32. The maximum atomic E-state index is 12.7. The highest BCUT2D eigenvalue weighted by Gasteiger charge is 2.31. The lowest BCUT2D eigenvalue weighted by atomic mass is 9.93. The van der Waals surface area contributed by atoms with E-state index in [9.17, 15) is 14.4 Å². The van der Waals surface area contributed by atoms with Gasteiger partial charge in [-0.15, -0.1) is 6.58 Å². The number of piperidine rings is 1. The average molecular weight is 372 g/mol. The van der Waals surface area contributed by atoms with E-state index in [4.69, 9.17) is 10.7 Å². The van der Waals surface area contributed by atoms with Crippen molar-refractivity contribution in [3.05, 3.63) is 42.5 Å². The Bertz CT molecular complexity index is 715. The van der Waals surface area contributed by atoms with E-state index in [1.165, 1.54) is 6.21 Å². The number of carbonyl (C=O) groups is 3. The minimum atomic E-state index is -0.541. The first-order valence-electron chi connectivity index (χ1n) is 8.79. The highest BCUT2D eigenvalue weighted by Crippen LogP contribution is 2.26. The number of hydrogen-bond acceptors (Lipinski definition) is 6. The van der Waals surface area contributed by atoms with Crippen molar-refractivity contribution in [3.63, 3.8) is 0 Å². The molecule has 1 atom stereocenters. The van der Waals surface area contributed by atoms with Gasteiger partial charge in [-0.2, -0.15) is 10.6 Å². The van der Waals surface area contributed by atoms with Crippen molar-refractivity contribution in [2.75, 3.05) is 11.4 Å². The van der Waals surface area contributed by atoms with E-state index in [2.05, 4.69) is 17.2 Å². The van der Waals surface area contributed by atoms with E-state index < -0.39 is 17.8 Å². The summed E-state index contributed by atoms with van der Waals surface area (Å²) in [5.41, 5.74) is 3.71. The van der Waals surface area contributed by atoms with Crippen LogP contribution in [0.2, 0.25) is 0 Å². The van der Waals surface area contributed by atoms with E-state index >= 15 is 0 Å².